The Hall–Kier alpha value is -4.43. The molecule has 3 aromatic carbocycles. The van der Waals surface area contributed by atoms with Crippen molar-refractivity contribution in [2.45, 2.75) is 45.8 Å². The van der Waals surface area contributed by atoms with E-state index in [0.717, 1.165) is 34.0 Å². The molecule has 5 aromatic rings. The molecule has 14 heteroatoms. The number of benzene rings is 3. The number of aliphatic carboxylic acids is 1. The van der Waals surface area contributed by atoms with Crippen molar-refractivity contribution in [2.24, 2.45) is 0 Å². The van der Waals surface area contributed by atoms with Crippen LogP contribution < -0.4 is 9.47 Å². The van der Waals surface area contributed by atoms with Gasteiger partial charge in [-0.2, -0.15) is 26.3 Å². The van der Waals surface area contributed by atoms with Crippen LogP contribution in [-0.4, -0.2) is 21.0 Å². The highest BCUT2D eigenvalue weighted by atomic mass is 32.1. The second-order valence-corrected chi connectivity index (χ2v) is 12.3. The maximum absolute atomic E-state index is 12.9. The molecule has 0 saturated carbocycles. The van der Waals surface area contributed by atoms with Gasteiger partial charge in [-0.15, -0.1) is 22.7 Å². The third-order valence-electron chi connectivity index (χ3n) is 6.74. The van der Waals surface area contributed by atoms with Gasteiger partial charge in [-0.25, -0.2) is 9.97 Å². The third kappa shape index (κ3) is 8.04. The number of carboxylic acids is 1. The van der Waals surface area contributed by atoms with Crippen LogP contribution in [0.3, 0.4) is 0 Å². The van der Waals surface area contributed by atoms with Crippen molar-refractivity contribution in [2.75, 3.05) is 0 Å². The largest absolute Gasteiger partial charge is 0.488 e. The topological polar surface area (TPSA) is 81.5 Å². The Labute approximate surface area is 266 Å². The third-order valence-corrected chi connectivity index (χ3v) is 9.10. The zero-order valence-electron chi connectivity index (χ0n) is 24.1. The molecule has 0 aliphatic carbocycles. The first kappa shape index (κ1) is 32.9. The summed E-state index contributed by atoms with van der Waals surface area (Å²) < 4.78 is 89.6. The lowest BCUT2D eigenvalue weighted by atomic mass is 10.1. The number of thiazole rings is 2. The van der Waals surface area contributed by atoms with Crippen molar-refractivity contribution in [1.82, 2.24) is 9.97 Å². The molecule has 0 bridgehead atoms. The van der Waals surface area contributed by atoms with Gasteiger partial charge in [0.1, 0.15) is 34.7 Å². The van der Waals surface area contributed by atoms with Gasteiger partial charge >= 0.3 is 18.3 Å². The van der Waals surface area contributed by atoms with E-state index in [1.54, 1.807) is 32.0 Å². The fraction of sp³-hybridized carbons (Fsp3) is 0.219. The quantitative estimate of drug-likeness (QED) is 0.148. The molecule has 240 valence electrons. The number of aryl methyl sites for hydroxylation is 2. The molecule has 0 saturated heterocycles. The van der Waals surface area contributed by atoms with Crippen LogP contribution in [0.1, 0.15) is 37.8 Å². The number of aromatic nitrogens is 2. The summed E-state index contributed by atoms with van der Waals surface area (Å²) in [5, 5.41) is 10.4. The fourth-order valence-corrected chi connectivity index (χ4v) is 6.31. The van der Waals surface area contributed by atoms with Gasteiger partial charge in [0.15, 0.2) is 0 Å². The first-order chi connectivity index (χ1) is 21.7. The summed E-state index contributed by atoms with van der Waals surface area (Å²) >= 11 is 2.54. The zero-order valence-corrected chi connectivity index (χ0v) is 25.8. The number of carbonyl (C=O) groups is 1. The Kier molecular flexibility index (Phi) is 9.40. The molecule has 0 amide bonds. The summed E-state index contributed by atoms with van der Waals surface area (Å²) in [6, 6.07) is 14.2. The van der Waals surface area contributed by atoms with E-state index in [0.29, 0.717) is 49.6 Å². The monoisotopic (exact) mass is 678 g/mol. The molecule has 0 fully saturated rings. The van der Waals surface area contributed by atoms with E-state index in [1.165, 1.54) is 46.9 Å². The van der Waals surface area contributed by atoms with Crippen molar-refractivity contribution in [3.63, 3.8) is 0 Å². The fourth-order valence-electron chi connectivity index (χ4n) is 4.35. The number of nitrogens with zero attached hydrogens (tertiary/aromatic N) is 2. The maximum Gasteiger partial charge on any atom is 0.416 e. The van der Waals surface area contributed by atoms with Crippen LogP contribution in [0.15, 0.2) is 66.7 Å². The van der Waals surface area contributed by atoms with Crippen LogP contribution in [0.4, 0.5) is 26.3 Å². The molecule has 0 radical (unpaired) electrons. The van der Waals surface area contributed by atoms with E-state index < -0.39 is 29.4 Å². The van der Waals surface area contributed by atoms with Crippen LogP contribution in [-0.2, 0) is 36.8 Å². The zero-order chi connectivity index (χ0) is 33.2. The van der Waals surface area contributed by atoms with Gasteiger partial charge in [-0.05, 0) is 55.8 Å². The second-order valence-electron chi connectivity index (χ2n) is 10.2. The molecule has 0 unspecified atom stereocenters. The Balaban J connectivity index is 1.29. The Morgan fingerprint density at radius 3 is 1.43 bits per heavy atom. The normalized spacial score (nSPS) is 11.9. The van der Waals surface area contributed by atoms with Gasteiger partial charge in [-0.1, -0.05) is 24.3 Å². The van der Waals surface area contributed by atoms with Crippen molar-refractivity contribution in [1.29, 1.82) is 0 Å². The first-order valence-electron chi connectivity index (χ1n) is 13.5. The molecule has 0 aliphatic rings. The van der Waals surface area contributed by atoms with Gasteiger partial charge in [0, 0.05) is 17.2 Å². The molecular weight excluding hydrogens is 654 g/mol. The van der Waals surface area contributed by atoms with Gasteiger partial charge in [0.05, 0.1) is 38.7 Å². The van der Waals surface area contributed by atoms with Crippen LogP contribution in [0.5, 0.6) is 11.5 Å². The summed E-state index contributed by atoms with van der Waals surface area (Å²) in [6.07, 6.45) is -9.17. The number of alkyl halides is 6. The Bertz CT molecular complexity index is 1720. The molecule has 2 heterocycles. The minimum atomic E-state index is -4.44. The van der Waals surface area contributed by atoms with Gasteiger partial charge in [0.2, 0.25) is 0 Å². The molecule has 2 aromatic heterocycles. The van der Waals surface area contributed by atoms with Gasteiger partial charge < -0.3 is 14.6 Å². The summed E-state index contributed by atoms with van der Waals surface area (Å²) in [7, 11) is 0. The highest BCUT2D eigenvalue weighted by Gasteiger charge is 2.31. The average Bonchev–Trinajstić information content (AvgIpc) is 3.55. The van der Waals surface area contributed by atoms with Crippen LogP contribution in [0.2, 0.25) is 0 Å². The summed E-state index contributed by atoms with van der Waals surface area (Å²) in [5.74, 6) is -0.379. The second kappa shape index (κ2) is 13.1. The van der Waals surface area contributed by atoms with E-state index in [2.05, 4.69) is 9.97 Å². The number of ether oxygens (including phenoxy) is 2. The number of hydrogen-bond donors (Lipinski definition) is 1. The predicted octanol–water partition coefficient (Wildman–Crippen LogP) is 9.37. The van der Waals surface area contributed by atoms with Crippen molar-refractivity contribution >= 4 is 28.6 Å². The molecule has 0 atom stereocenters. The molecule has 0 spiro atoms. The molecule has 1 N–H and O–H groups in total. The van der Waals surface area contributed by atoms with E-state index >= 15 is 0 Å². The van der Waals surface area contributed by atoms with Crippen molar-refractivity contribution < 1.29 is 45.7 Å². The van der Waals surface area contributed by atoms with Crippen LogP contribution in [0, 0.1) is 13.8 Å². The lowest BCUT2D eigenvalue weighted by Gasteiger charge is -2.11. The van der Waals surface area contributed by atoms with Crippen LogP contribution in [0.25, 0.3) is 21.1 Å². The lowest BCUT2D eigenvalue weighted by molar-refractivity contribution is -0.138. The number of rotatable bonds is 10. The van der Waals surface area contributed by atoms with E-state index in [1.807, 2.05) is 0 Å². The van der Waals surface area contributed by atoms with E-state index in [4.69, 9.17) is 9.47 Å². The molecule has 5 rings (SSSR count). The SMILES string of the molecule is Cc1nc(-c2ccc(C(F)(F)F)cc2)sc1COc1cc(CC(=O)O)cc(OCc2sc(-c3ccc(C(F)(F)F)cc3)nc2C)c1. The highest BCUT2D eigenvalue weighted by molar-refractivity contribution is 7.15. The number of carboxylic acid groups (broad SMARTS) is 1. The minimum Gasteiger partial charge on any atom is -0.488 e. The summed E-state index contributed by atoms with van der Waals surface area (Å²) in [5.41, 5.74) is 1.27. The van der Waals surface area contributed by atoms with Crippen LogP contribution >= 0.6 is 22.7 Å². The summed E-state index contributed by atoms with van der Waals surface area (Å²) in [4.78, 5) is 21.9. The first-order valence-corrected chi connectivity index (χ1v) is 15.2. The smallest absolute Gasteiger partial charge is 0.416 e. The lowest BCUT2D eigenvalue weighted by Crippen LogP contribution is -2.03. The molecule has 0 aliphatic heterocycles. The van der Waals surface area contributed by atoms with E-state index in [9.17, 15) is 36.2 Å². The predicted molar refractivity (Wildman–Crippen MR) is 161 cm³/mol. The Morgan fingerprint density at radius 1 is 0.696 bits per heavy atom. The van der Waals surface area contributed by atoms with E-state index in [-0.39, 0.29) is 19.6 Å². The van der Waals surface area contributed by atoms with Gasteiger partial charge in [0.25, 0.3) is 0 Å². The standard InChI is InChI=1S/C32H24F6N2O4S2/c1-17-26(45-29(39-17)20-3-7-22(8-4-20)31(33,34)35)15-43-24-11-19(13-28(41)42)12-25(14-24)44-16-27-18(2)40-30(46-27)21-5-9-23(10-6-21)32(36,37)38/h3-12,14H,13,15-16H2,1-2H3,(H,41,42). The van der Waals surface area contributed by atoms with Crippen molar-refractivity contribution in [3.05, 3.63) is 105 Å². The highest BCUT2D eigenvalue weighted by Crippen LogP contribution is 2.35. The average molecular weight is 679 g/mol. The maximum atomic E-state index is 12.9. The Morgan fingerprint density at radius 2 is 1.09 bits per heavy atom. The van der Waals surface area contributed by atoms with Gasteiger partial charge in [-0.3, -0.25) is 4.79 Å². The molecule has 46 heavy (non-hydrogen) atoms. The molecular formula is C32H24F6N2O4S2. The molecule has 6 nitrogen and oxygen atoms in total. The van der Waals surface area contributed by atoms with Crippen molar-refractivity contribution in [3.8, 4) is 32.6 Å². The number of hydrogen-bond acceptors (Lipinski definition) is 7. The number of halogens is 6. The minimum absolute atomic E-state index is 0.0739. The summed E-state index contributed by atoms with van der Waals surface area (Å²) in [6.45, 7) is 3.66.